The van der Waals surface area contributed by atoms with Crippen LogP contribution >= 0.6 is 0 Å². The summed E-state index contributed by atoms with van der Waals surface area (Å²) in [6.45, 7) is 4.90. The van der Waals surface area contributed by atoms with Crippen LogP contribution in [0.25, 0.3) is 0 Å². The third kappa shape index (κ3) is 3.54. The number of anilines is 1. The van der Waals surface area contributed by atoms with Gasteiger partial charge in [-0.05, 0) is 56.6 Å². The zero-order valence-electron chi connectivity index (χ0n) is 12.8. The van der Waals surface area contributed by atoms with Gasteiger partial charge in [-0.2, -0.15) is 0 Å². The first-order valence-corrected chi connectivity index (χ1v) is 7.76. The van der Waals surface area contributed by atoms with Crippen LogP contribution in [-0.2, 0) is 6.54 Å². The SMILES string of the molecule is Cc1cccnc1NC(=O)c1ccc(CN2CCCCC2)o1. The Hall–Kier alpha value is -2.14. The Morgan fingerprint density at radius 2 is 2.09 bits per heavy atom. The van der Waals surface area contributed by atoms with Crippen molar-refractivity contribution in [1.29, 1.82) is 0 Å². The zero-order valence-corrected chi connectivity index (χ0v) is 12.8. The van der Waals surface area contributed by atoms with Gasteiger partial charge in [0.05, 0.1) is 6.54 Å². The molecule has 1 aliphatic rings. The second-order valence-electron chi connectivity index (χ2n) is 5.73. The summed E-state index contributed by atoms with van der Waals surface area (Å²) >= 11 is 0. The number of pyridine rings is 1. The van der Waals surface area contributed by atoms with Gasteiger partial charge >= 0.3 is 0 Å². The first-order chi connectivity index (χ1) is 10.7. The molecule has 3 heterocycles. The van der Waals surface area contributed by atoms with Crippen LogP contribution in [0.4, 0.5) is 5.82 Å². The van der Waals surface area contributed by atoms with Crippen molar-refractivity contribution in [3.63, 3.8) is 0 Å². The monoisotopic (exact) mass is 299 g/mol. The summed E-state index contributed by atoms with van der Waals surface area (Å²) in [6, 6.07) is 7.36. The number of carbonyl (C=O) groups excluding carboxylic acids is 1. The summed E-state index contributed by atoms with van der Waals surface area (Å²) in [7, 11) is 0. The van der Waals surface area contributed by atoms with E-state index in [2.05, 4.69) is 15.2 Å². The molecule has 0 atom stereocenters. The number of nitrogens with zero attached hydrogens (tertiary/aromatic N) is 2. The van der Waals surface area contributed by atoms with Gasteiger partial charge in [0.1, 0.15) is 11.6 Å². The molecule has 0 radical (unpaired) electrons. The normalized spacial score (nSPS) is 15.7. The van der Waals surface area contributed by atoms with Crippen LogP contribution in [0.3, 0.4) is 0 Å². The Bertz CT molecular complexity index is 645. The standard InChI is InChI=1S/C17H21N3O2/c1-13-6-5-9-18-16(13)19-17(21)15-8-7-14(22-15)12-20-10-3-2-4-11-20/h5-9H,2-4,10-12H2,1H3,(H,18,19,21). The molecule has 0 aromatic carbocycles. The third-order valence-corrected chi connectivity index (χ3v) is 3.95. The van der Waals surface area contributed by atoms with Gasteiger partial charge in [-0.15, -0.1) is 0 Å². The number of likely N-dealkylation sites (tertiary alicyclic amines) is 1. The predicted molar refractivity (Wildman–Crippen MR) is 84.8 cm³/mol. The largest absolute Gasteiger partial charge is 0.455 e. The van der Waals surface area contributed by atoms with Crippen molar-refractivity contribution in [2.45, 2.75) is 32.7 Å². The Morgan fingerprint density at radius 3 is 2.86 bits per heavy atom. The highest BCUT2D eigenvalue weighted by Crippen LogP contribution is 2.17. The molecule has 2 aromatic heterocycles. The molecular weight excluding hydrogens is 278 g/mol. The van der Waals surface area contributed by atoms with Crippen LogP contribution in [0.2, 0.25) is 0 Å². The van der Waals surface area contributed by atoms with Crippen LogP contribution in [0.1, 0.15) is 41.1 Å². The average molecular weight is 299 g/mol. The molecule has 0 saturated carbocycles. The summed E-state index contributed by atoms with van der Waals surface area (Å²) in [5.74, 6) is 1.48. The van der Waals surface area contributed by atoms with Crippen LogP contribution in [0.15, 0.2) is 34.9 Å². The highest BCUT2D eigenvalue weighted by molar-refractivity contribution is 6.02. The smallest absolute Gasteiger partial charge is 0.292 e. The van der Waals surface area contributed by atoms with E-state index in [1.807, 2.05) is 25.1 Å². The van der Waals surface area contributed by atoms with Crippen molar-refractivity contribution in [1.82, 2.24) is 9.88 Å². The van der Waals surface area contributed by atoms with Crippen molar-refractivity contribution in [3.8, 4) is 0 Å². The Balaban J connectivity index is 1.63. The van der Waals surface area contributed by atoms with Crippen LogP contribution in [0, 0.1) is 6.92 Å². The second-order valence-corrected chi connectivity index (χ2v) is 5.73. The molecule has 5 nitrogen and oxygen atoms in total. The number of rotatable bonds is 4. The summed E-state index contributed by atoms with van der Waals surface area (Å²) < 4.78 is 5.68. The molecule has 0 bridgehead atoms. The molecule has 1 amide bonds. The van der Waals surface area contributed by atoms with Crippen molar-refractivity contribution in [2.75, 3.05) is 18.4 Å². The third-order valence-electron chi connectivity index (χ3n) is 3.95. The topological polar surface area (TPSA) is 58.4 Å². The van der Waals surface area contributed by atoms with Crippen molar-refractivity contribution in [3.05, 3.63) is 47.5 Å². The molecule has 116 valence electrons. The molecule has 0 spiro atoms. The molecule has 2 aromatic rings. The first kappa shape index (κ1) is 14.8. The summed E-state index contributed by atoms with van der Waals surface area (Å²) in [4.78, 5) is 18.7. The molecule has 1 saturated heterocycles. The predicted octanol–water partition coefficient (Wildman–Crippen LogP) is 3.22. The number of hydrogen-bond acceptors (Lipinski definition) is 4. The maximum absolute atomic E-state index is 12.2. The Morgan fingerprint density at radius 1 is 1.27 bits per heavy atom. The molecule has 3 rings (SSSR count). The van der Waals surface area contributed by atoms with E-state index in [-0.39, 0.29) is 5.91 Å². The summed E-state index contributed by atoms with van der Waals surface area (Å²) in [5, 5.41) is 2.79. The van der Waals surface area contributed by atoms with Crippen molar-refractivity contribution >= 4 is 11.7 Å². The maximum Gasteiger partial charge on any atom is 0.292 e. The van der Waals surface area contributed by atoms with E-state index in [1.165, 1.54) is 19.3 Å². The number of aryl methyl sites for hydroxylation is 1. The fraction of sp³-hybridized carbons (Fsp3) is 0.412. The van der Waals surface area contributed by atoms with E-state index < -0.39 is 0 Å². The fourth-order valence-corrected chi connectivity index (χ4v) is 2.71. The molecule has 1 fully saturated rings. The van der Waals surface area contributed by atoms with Gasteiger partial charge in [0.25, 0.3) is 5.91 Å². The Kier molecular flexibility index (Phi) is 4.53. The lowest BCUT2D eigenvalue weighted by atomic mass is 10.1. The van der Waals surface area contributed by atoms with Crippen LogP contribution in [0.5, 0.6) is 0 Å². The minimum atomic E-state index is -0.258. The molecule has 0 aliphatic carbocycles. The van der Waals surface area contributed by atoms with Gasteiger partial charge in [-0.25, -0.2) is 4.98 Å². The lowest BCUT2D eigenvalue weighted by Crippen LogP contribution is -2.28. The van der Waals surface area contributed by atoms with Crippen LogP contribution in [-0.4, -0.2) is 28.9 Å². The first-order valence-electron chi connectivity index (χ1n) is 7.76. The number of furan rings is 1. The number of carbonyl (C=O) groups is 1. The second kappa shape index (κ2) is 6.75. The highest BCUT2D eigenvalue weighted by atomic mass is 16.4. The van der Waals surface area contributed by atoms with Gasteiger partial charge in [0, 0.05) is 6.20 Å². The highest BCUT2D eigenvalue weighted by Gasteiger charge is 2.16. The zero-order chi connectivity index (χ0) is 15.4. The van der Waals surface area contributed by atoms with E-state index >= 15 is 0 Å². The molecular formula is C17H21N3O2. The van der Waals surface area contributed by atoms with E-state index in [4.69, 9.17) is 4.42 Å². The van der Waals surface area contributed by atoms with Gasteiger partial charge in [0.2, 0.25) is 0 Å². The van der Waals surface area contributed by atoms with E-state index in [1.54, 1.807) is 12.3 Å². The minimum absolute atomic E-state index is 0.258. The van der Waals surface area contributed by atoms with Gasteiger partial charge in [-0.1, -0.05) is 12.5 Å². The average Bonchev–Trinajstić information content (AvgIpc) is 2.99. The lowest BCUT2D eigenvalue weighted by Gasteiger charge is -2.25. The number of amides is 1. The van der Waals surface area contributed by atoms with Crippen LogP contribution < -0.4 is 5.32 Å². The summed E-state index contributed by atoms with van der Waals surface area (Å²) in [5.41, 5.74) is 0.927. The molecule has 22 heavy (non-hydrogen) atoms. The molecule has 5 heteroatoms. The van der Waals surface area contributed by atoms with Gasteiger partial charge in [0.15, 0.2) is 5.76 Å². The quantitative estimate of drug-likeness (QED) is 0.941. The summed E-state index contributed by atoms with van der Waals surface area (Å²) in [6.07, 6.45) is 5.46. The fourth-order valence-electron chi connectivity index (χ4n) is 2.71. The number of nitrogens with one attached hydrogen (secondary N) is 1. The number of aromatic nitrogens is 1. The minimum Gasteiger partial charge on any atom is -0.455 e. The molecule has 1 N–H and O–H groups in total. The van der Waals surface area contributed by atoms with E-state index in [0.717, 1.165) is 31.0 Å². The van der Waals surface area contributed by atoms with Gasteiger partial charge < -0.3 is 9.73 Å². The van der Waals surface area contributed by atoms with E-state index in [0.29, 0.717) is 11.6 Å². The van der Waals surface area contributed by atoms with E-state index in [9.17, 15) is 4.79 Å². The number of hydrogen-bond donors (Lipinski definition) is 1. The molecule has 0 unspecified atom stereocenters. The number of piperidine rings is 1. The molecule has 1 aliphatic heterocycles. The Labute approximate surface area is 130 Å². The maximum atomic E-state index is 12.2. The van der Waals surface area contributed by atoms with Crippen molar-refractivity contribution < 1.29 is 9.21 Å². The van der Waals surface area contributed by atoms with Crippen molar-refractivity contribution in [2.24, 2.45) is 0 Å². The lowest BCUT2D eigenvalue weighted by molar-refractivity contribution is 0.0991. The van der Waals surface area contributed by atoms with Gasteiger partial charge in [-0.3, -0.25) is 9.69 Å².